The van der Waals surface area contributed by atoms with E-state index >= 15 is 0 Å². The molecule has 0 saturated carbocycles. The van der Waals surface area contributed by atoms with Gasteiger partial charge in [-0.3, -0.25) is 0 Å². The predicted molar refractivity (Wildman–Crippen MR) is 111 cm³/mol. The number of carbonyl (C=O) groups excluding carboxylic acids is 1. The Balaban J connectivity index is 1.43. The maximum atomic E-state index is 12.7. The molecule has 8 heteroatoms. The molecule has 152 valence electrons. The SMILES string of the molecule is Cc1cc(CSc2ncccc2C(=O)OCc2nc(-c3ccccc3)oc2C)no1. The topological polar surface area (TPSA) is 91.2 Å². The number of hydrogen-bond donors (Lipinski definition) is 0. The van der Waals surface area contributed by atoms with Crippen LogP contribution in [0, 0.1) is 13.8 Å². The maximum Gasteiger partial charge on any atom is 0.341 e. The highest BCUT2D eigenvalue weighted by molar-refractivity contribution is 7.98. The van der Waals surface area contributed by atoms with Crippen LogP contribution in [0.3, 0.4) is 0 Å². The Labute approximate surface area is 177 Å². The molecule has 0 atom stereocenters. The van der Waals surface area contributed by atoms with Crippen molar-refractivity contribution in [3.8, 4) is 11.5 Å². The Kier molecular flexibility index (Phi) is 5.94. The summed E-state index contributed by atoms with van der Waals surface area (Å²) in [6.45, 7) is 3.65. The smallest absolute Gasteiger partial charge is 0.341 e. The number of ether oxygens (including phenoxy) is 1. The number of aromatic nitrogens is 3. The first-order valence-electron chi connectivity index (χ1n) is 9.29. The Morgan fingerprint density at radius 2 is 1.97 bits per heavy atom. The van der Waals surface area contributed by atoms with Crippen LogP contribution in [0.4, 0.5) is 0 Å². The fraction of sp³-hybridized carbons (Fsp3) is 0.182. The summed E-state index contributed by atoms with van der Waals surface area (Å²) in [5, 5.41) is 4.53. The van der Waals surface area contributed by atoms with Gasteiger partial charge >= 0.3 is 5.97 Å². The van der Waals surface area contributed by atoms with Gasteiger partial charge in [-0.2, -0.15) is 0 Å². The number of carbonyl (C=O) groups is 1. The second-order valence-electron chi connectivity index (χ2n) is 6.54. The quantitative estimate of drug-likeness (QED) is 0.304. The van der Waals surface area contributed by atoms with Crippen molar-refractivity contribution in [2.75, 3.05) is 0 Å². The maximum absolute atomic E-state index is 12.7. The van der Waals surface area contributed by atoms with E-state index in [1.54, 1.807) is 25.3 Å². The first kappa shape index (κ1) is 19.9. The molecule has 0 radical (unpaired) electrons. The largest absolute Gasteiger partial charge is 0.455 e. The van der Waals surface area contributed by atoms with Crippen molar-refractivity contribution in [2.45, 2.75) is 31.2 Å². The standard InChI is InChI=1S/C22H19N3O4S/c1-14-11-17(25-29-14)13-30-21-18(9-6-10-23-21)22(26)27-12-19-15(2)28-20(24-19)16-7-4-3-5-8-16/h3-11H,12-13H2,1-2H3. The summed E-state index contributed by atoms with van der Waals surface area (Å²) in [6.07, 6.45) is 1.64. The third kappa shape index (κ3) is 4.60. The molecule has 0 aliphatic heterocycles. The van der Waals surface area contributed by atoms with Crippen LogP contribution < -0.4 is 0 Å². The molecule has 3 aromatic heterocycles. The highest BCUT2D eigenvalue weighted by Gasteiger charge is 2.18. The molecule has 0 spiro atoms. The molecule has 0 N–H and O–H groups in total. The van der Waals surface area contributed by atoms with Crippen molar-refractivity contribution in [3.63, 3.8) is 0 Å². The van der Waals surface area contributed by atoms with E-state index in [9.17, 15) is 4.79 Å². The molecule has 30 heavy (non-hydrogen) atoms. The summed E-state index contributed by atoms with van der Waals surface area (Å²) in [7, 11) is 0. The summed E-state index contributed by atoms with van der Waals surface area (Å²) >= 11 is 1.40. The lowest BCUT2D eigenvalue weighted by Crippen LogP contribution is -2.08. The van der Waals surface area contributed by atoms with Gasteiger partial charge in [0.05, 0.1) is 11.3 Å². The third-order valence-electron chi connectivity index (χ3n) is 4.28. The van der Waals surface area contributed by atoms with Crippen molar-refractivity contribution in [1.82, 2.24) is 15.1 Å². The van der Waals surface area contributed by atoms with Crippen LogP contribution in [-0.2, 0) is 17.1 Å². The van der Waals surface area contributed by atoms with E-state index in [0.29, 0.717) is 33.7 Å². The van der Waals surface area contributed by atoms with Crippen LogP contribution in [-0.4, -0.2) is 21.1 Å². The molecule has 4 rings (SSSR count). The van der Waals surface area contributed by atoms with Crippen molar-refractivity contribution in [3.05, 3.63) is 83.2 Å². The Morgan fingerprint density at radius 3 is 2.73 bits per heavy atom. The zero-order chi connectivity index (χ0) is 20.9. The van der Waals surface area contributed by atoms with Crippen LogP contribution in [0.5, 0.6) is 0 Å². The number of hydrogen-bond acceptors (Lipinski definition) is 8. The predicted octanol–water partition coefficient (Wildman–Crippen LogP) is 4.99. The number of nitrogens with zero attached hydrogens (tertiary/aromatic N) is 3. The molecule has 0 saturated heterocycles. The normalized spacial score (nSPS) is 10.9. The molecule has 4 aromatic rings. The molecular weight excluding hydrogens is 402 g/mol. The van der Waals surface area contributed by atoms with E-state index in [1.807, 2.05) is 43.3 Å². The first-order chi connectivity index (χ1) is 14.6. The fourth-order valence-electron chi connectivity index (χ4n) is 2.77. The highest BCUT2D eigenvalue weighted by atomic mass is 32.2. The minimum atomic E-state index is -0.467. The van der Waals surface area contributed by atoms with Crippen molar-refractivity contribution < 1.29 is 18.5 Å². The minimum absolute atomic E-state index is 0.0164. The molecule has 1 aromatic carbocycles. The number of esters is 1. The van der Waals surface area contributed by atoms with E-state index < -0.39 is 5.97 Å². The van der Waals surface area contributed by atoms with E-state index in [-0.39, 0.29) is 6.61 Å². The fourth-order valence-corrected chi connectivity index (χ4v) is 3.63. The van der Waals surface area contributed by atoms with Crippen molar-refractivity contribution in [2.24, 2.45) is 0 Å². The number of pyridine rings is 1. The van der Waals surface area contributed by atoms with Crippen LogP contribution in [0.2, 0.25) is 0 Å². The van der Waals surface area contributed by atoms with Gasteiger partial charge in [0, 0.05) is 23.6 Å². The van der Waals surface area contributed by atoms with Crippen LogP contribution >= 0.6 is 11.8 Å². The minimum Gasteiger partial charge on any atom is -0.455 e. The molecular formula is C22H19N3O4S. The lowest BCUT2D eigenvalue weighted by atomic mass is 10.2. The summed E-state index contributed by atoms with van der Waals surface area (Å²) in [5.41, 5.74) is 2.63. The van der Waals surface area contributed by atoms with E-state index in [0.717, 1.165) is 17.0 Å². The van der Waals surface area contributed by atoms with E-state index in [2.05, 4.69) is 15.1 Å². The number of thioether (sulfide) groups is 1. The zero-order valence-corrected chi connectivity index (χ0v) is 17.3. The average molecular weight is 421 g/mol. The van der Waals surface area contributed by atoms with E-state index in [1.165, 1.54) is 11.8 Å². The molecule has 0 fully saturated rings. The highest BCUT2D eigenvalue weighted by Crippen LogP contribution is 2.26. The summed E-state index contributed by atoms with van der Waals surface area (Å²) in [4.78, 5) is 21.4. The van der Waals surface area contributed by atoms with Gasteiger partial charge in [-0.1, -0.05) is 35.1 Å². The van der Waals surface area contributed by atoms with Crippen LogP contribution in [0.15, 0.2) is 68.7 Å². The number of benzene rings is 1. The zero-order valence-electron chi connectivity index (χ0n) is 16.5. The molecule has 0 bridgehead atoms. The molecule has 0 aliphatic rings. The lowest BCUT2D eigenvalue weighted by molar-refractivity contribution is 0.0462. The van der Waals surface area contributed by atoms with Gasteiger partial charge in [0.15, 0.2) is 0 Å². The molecule has 7 nitrogen and oxygen atoms in total. The summed E-state index contributed by atoms with van der Waals surface area (Å²) < 4.78 is 16.3. The molecule has 3 heterocycles. The monoisotopic (exact) mass is 421 g/mol. The van der Waals surface area contributed by atoms with Gasteiger partial charge < -0.3 is 13.7 Å². The second kappa shape index (κ2) is 8.96. The van der Waals surface area contributed by atoms with Gasteiger partial charge in [0.25, 0.3) is 0 Å². The number of oxazole rings is 1. The van der Waals surface area contributed by atoms with E-state index in [4.69, 9.17) is 13.7 Å². The molecule has 0 amide bonds. The molecule has 0 aliphatic carbocycles. The average Bonchev–Trinajstić information content (AvgIpc) is 3.36. The summed E-state index contributed by atoms with van der Waals surface area (Å²) in [6, 6.07) is 14.8. The Bertz CT molecular complexity index is 1150. The van der Waals surface area contributed by atoms with Gasteiger partial charge in [0.1, 0.15) is 28.8 Å². The second-order valence-corrected chi connectivity index (χ2v) is 7.50. The van der Waals surface area contributed by atoms with Crippen molar-refractivity contribution >= 4 is 17.7 Å². The van der Waals surface area contributed by atoms with Crippen LogP contribution in [0.25, 0.3) is 11.5 Å². The van der Waals surface area contributed by atoms with Crippen molar-refractivity contribution in [1.29, 1.82) is 0 Å². The van der Waals surface area contributed by atoms with Gasteiger partial charge in [-0.15, -0.1) is 0 Å². The van der Waals surface area contributed by atoms with Gasteiger partial charge in [-0.05, 0) is 38.1 Å². The summed E-state index contributed by atoms with van der Waals surface area (Å²) in [5.74, 6) is 1.93. The Hall–Kier alpha value is -3.39. The lowest BCUT2D eigenvalue weighted by Gasteiger charge is -2.07. The molecule has 0 unspecified atom stereocenters. The first-order valence-corrected chi connectivity index (χ1v) is 10.3. The van der Waals surface area contributed by atoms with Crippen LogP contribution in [0.1, 0.15) is 33.3 Å². The van der Waals surface area contributed by atoms with Gasteiger partial charge in [-0.25, -0.2) is 14.8 Å². The number of aryl methyl sites for hydroxylation is 2. The Morgan fingerprint density at radius 1 is 1.13 bits per heavy atom. The third-order valence-corrected chi connectivity index (χ3v) is 5.32. The number of rotatable bonds is 7. The van der Waals surface area contributed by atoms with Gasteiger partial charge in [0.2, 0.25) is 5.89 Å².